The van der Waals surface area contributed by atoms with Crippen LogP contribution in [-0.4, -0.2) is 22.0 Å². The highest BCUT2D eigenvalue weighted by atomic mass is 16.2. The smallest absolute Gasteiger partial charge is 0.319 e. The zero-order chi connectivity index (χ0) is 17.1. The van der Waals surface area contributed by atoms with Crippen LogP contribution in [0.3, 0.4) is 0 Å². The van der Waals surface area contributed by atoms with E-state index in [0.29, 0.717) is 11.6 Å². The lowest BCUT2D eigenvalue weighted by atomic mass is 9.82. The average Bonchev–Trinajstić information content (AvgIpc) is 3.06. The van der Waals surface area contributed by atoms with Crippen LogP contribution in [-0.2, 0) is 0 Å². The molecule has 25 heavy (non-hydrogen) atoms. The van der Waals surface area contributed by atoms with E-state index in [2.05, 4.69) is 50.9 Å². The minimum atomic E-state index is -0.158. The van der Waals surface area contributed by atoms with Crippen LogP contribution in [0.25, 0.3) is 11.0 Å². The van der Waals surface area contributed by atoms with E-state index in [0.717, 1.165) is 36.7 Å². The van der Waals surface area contributed by atoms with Gasteiger partial charge in [-0.3, -0.25) is 4.98 Å². The van der Waals surface area contributed by atoms with Crippen LogP contribution >= 0.6 is 0 Å². The Hall–Kier alpha value is -2.82. The third-order valence-electron chi connectivity index (χ3n) is 5.02. The number of anilines is 1. The maximum absolute atomic E-state index is 12.3. The lowest BCUT2D eigenvalue weighted by Gasteiger charge is -2.29. The van der Waals surface area contributed by atoms with Crippen molar-refractivity contribution < 1.29 is 4.79 Å². The van der Waals surface area contributed by atoms with E-state index in [1.54, 1.807) is 12.4 Å². The van der Waals surface area contributed by atoms with Crippen molar-refractivity contribution in [2.24, 2.45) is 0 Å². The zero-order valence-electron chi connectivity index (χ0n) is 14.0. The van der Waals surface area contributed by atoms with Gasteiger partial charge in [0, 0.05) is 18.4 Å². The predicted octanol–water partition coefficient (Wildman–Crippen LogP) is 4.41. The topological polar surface area (TPSA) is 69.8 Å². The highest BCUT2D eigenvalue weighted by Crippen LogP contribution is 2.32. The Morgan fingerprint density at radius 2 is 1.84 bits per heavy atom. The van der Waals surface area contributed by atoms with E-state index in [9.17, 15) is 4.79 Å². The van der Waals surface area contributed by atoms with Gasteiger partial charge in [-0.15, -0.1) is 0 Å². The van der Waals surface area contributed by atoms with E-state index >= 15 is 0 Å². The summed E-state index contributed by atoms with van der Waals surface area (Å²) in [6.45, 7) is 0. The number of nitrogens with one attached hydrogen (secondary N) is 3. The molecule has 3 N–H and O–H groups in total. The lowest BCUT2D eigenvalue weighted by Crippen LogP contribution is -2.39. The number of hydrogen-bond donors (Lipinski definition) is 3. The monoisotopic (exact) mass is 334 g/mol. The Morgan fingerprint density at radius 1 is 1.04 bits per heavy atom. The SMILES string of the molecule is O=C(Nc1c[nH]c2cccnc12)NC1CCC(c2ccccc2)CC1. The number of amides is 2. The molecule has 1 aromatic carbocycles. The van der Waals surface area contributed by atoms with Crippen molar-refractivity contribution in [3.63, 3.8) is 0 Å². The zero-order valence-corrected chi connectivity index (χ0v) is 14.0. The average molecular weight is 334 g/mol. The molecule has 2 amide bonds. The van der Waals surface area contributed by atoms with Crippen LogP contribution in [0.1, 0.15) is 37.2 Å². The molecule has 1 aliphatic carbocycles. The van der Waals surface area contributed by atoms with Crippen LogP contribution in [0.4, 0.5) is 10.5 Å². The highest BCUT2D eigenvalue weighted by Gasteiger charge is 2.23. The number of aromatic amines is 1. The molecule has 0 spiro atoms. The second-order valence-corrected chi connectivity index (χ2v) is 6.66. The first-order valence-corrected chi connectivity index (χ1v) is 8.84. The number of aromatic nitrogens is 2. The minimum Gasteiger partial charge on any atom is -0.358 e. The molecule has 1 fully saturated rings. The molecular weight excluding hydrogens is 312 g/mol. The molecule has 3 aromatic rings. The van der Waals surface area contributed by atoms with Crippen LogP contribution in [0.15, 0.2) is 54.9 Å². The molecule has 0 unspecified atom stereocenters. The second kappa shape index (κ2) is 6.97. The number of rotatable bonds is 3. The molecule has 5 heteroatoms. The number of nitrogens with zero attached hydrogens (tertiary/aromatic N) is 1. The molecule has 0 atom stereocenters. The minimum absolute atomic E-state index is 0.158. The van der Waals surface area contributed by atoms with Crippen LogP contribution in [0.5, 0.6) is 0 Å². The molecule has 128 valence electrons. The summed E-state index contributed by atoms with van der Waals surface area (Å²) < 4.78 is 0. The third kappa shape index (κ3) is 3.50. The fourth-order valence-electron chi connectivity index (χ4n) is 3.69. The molecule has 2 heterocycles. The van der Waals surface area contributed by atoms with Gasteiger partial charge in [-0.25, -0.2) is 4.79 Å². The molecule has 0 aliphatic heterocycles. The lowest BCUT2D eigenvalue weighted by molar-refractivity contribution is 0.242. The van der Waals surface area contributed by atoms with Gasteiger partial charge >= 0.3 is 6.03 Å². The fourth-order valence-corrected chi connectivity index (χ4v) is 3.69. The molecule has 4 rings (SSSR count). The van der Waals surface area contributed by atoms with Crippen molar-refractivity contribution in [3.8, 4) is 0 Å². The summed E-state index contributed by atoms with van der Waals surface area (Å²) in [5.74, 6) is 0.611. The van der Waals surface area contributed by atoms with Gasteiger partial charge in [-0.2, -0.15) is 0 Å². The normalized spacial score (nSPS) is 20.3. The first-order chi connectivity index (χ1) is 12.3. The van der Waals surface area contributed by atoms with E-state index in [4.69, 9.17) is 0 Å². The van der Waals surface area contributed by atoms with Crippen molar-refractivity contribution in [2.75, 3.05) is 5.32 Å². The summed E-state index contributed by atoms with van der Waals surface area (Å²) in [6.07, 6.45) is 7.76. The van der Waals surface area contributed by atoms with Crippen molar-refractivity contribution in [2.45, 2.75) is 37.6 Å². The van der Waals surface area contributed by atoms with Gasteiger partial charge in [-0.05, 0) is 49.3 Å². The van der Waals surface area contributed by atoms with Gasteiger partial charge < -0.3 is 15.6 Å². The molecule has 1 saturated carbocycles. The van der Waals surface area contributed by atoms with E-state index in [-0.39, 0.29) is 12.1 Å². The number of H-pyrrole nitrogens is 1. The number of urea groups is 1. The number of pyridine rings is 1. The Bertz CT molecular complexity index is 850. The van der Waals surface area contributed by atoms with Gasteiger partial charge in [-0.1, -0.05) is 30.3 Å². The Kier molecular flexibility index (Phi) is 4.37. The predicted molar refractivity (Wildman–Crippen MR) is 99.7 cm³/mol. The molecule has 5 nitrogen and oxygen atoms in total. The van der Waals surface area contributed by atoms with Gasteiger partial charge in [0.25, 0.3) is 0 Å². The second-order valence-electron chi connectivity index (χ2n) is 6.66. The molecule has 0 bridgehead atoms. The van der Waals surface area contributed by atoms with Crippen molar-refractivity contribution in [1.29, 1.82) is 0 Å². The summed E-state index contributed by atoms with van der Waals surface area (Å²) in [6, 6.07) is 14.5. The standard InChI is InChI=1S/C20H22N4O/c25-20(24-18-13-22-17-7-4-12-21-19(17)18)23-16-10-8-15(9-11-16)14-5-2-1-3-6-14/h1-7,12-13,15-16,22H,8-11H2,(H2,23,24,25). The Balaban J connectivity index is 1.32. The number of hydrogen-bond acceptors (Lipinski definition) is 2. The van der Waals surface area contributed by atoms with Crippen molar-refractivity contribution >= 4 is 22.8 Å². The largest absolute Gasteiger partial charge is 0.358 e. The van der Waals surface area contributed by atoms with Gasteiger partial charge in [0.1, 0.15) is 5.52 Å². The molecular formula is C20H22N4O. The molecule has 0 radical (unpaired) electrons. The summed E-state index contributed by atoms with van der Waals surface area (Å²) >= 11 is 0. The maximum atomic E-state index is 12.3. The van der Waals surface area contributed by atoms with Crippen LogP contribution in [0, 0.1) is 0 Å². The third-order valence-corrected chi connectivity index (χ3v) is 5.02. The number of benzene rings is 1. The van der Waals surface area contributed by atoms with Gasteiger partial charge in [0.05, 0.1) is 11.2 Å². The fraction of sp³-hybridized carbons (Fsp3) is 0.300. The quantitative estimate of drug-likeness (QED) is 0.664. The van der Waals surface area contributed by atoms with Crippen LogP contribution in [0.2, 0.25) is 0 Å². The van der Waals surface area contributed by atoms with Gasteiger partial charge in [0.2, 0.25) is 0 Å². The van der Waals surface area contributed by atoms with E-state index < -0.39 is 0 Å². The first-order valence-electron chi connectivity index (χ1n) is 8.84. The van der Waals surface area contributed by atoms with Gasteiger partial charge in [0.15, 0.2) is 0 Å². The number of fused-ring (bicyclic) bond motifs is 1. The van der Waals surface area contributed by atoms with E-state index in [1.807, 2.05) is 12.1 Å². The van der Waals surface area contributed by atoms with Crippen molar-refractivity contribution in [1.82, 2.24) is 15.3 Å². The maximum Gasteiger partial charge on any atom is 0.319 e. The Labute approximate surface area is 146 Å². The molecule has 0 saturated heterocycles. The van der Waals surface area contributed by atoms with Crippen molar-refractivity contribution in [3.05, 3.63) is 60.4 Å². The van der Waals surface area contributed by atoms with E-state index in [1.165, 1.54) is 5.56 Å². The number of carbonyl (C=O) groups excluding carboxylic acids is 1. The van der Waals surface area contributed by atoms with Crippen LogP contribution < -0.4 is 10.6 Å². The summed E-state index contributed by atoms with van der Waals surface area (Å²) in [4.78, 5) is 19.7. The summed E-state index contributed by atoms with van der Waals surface area (Å²) in [7, 11) is 0. The number of carbonyl (C=O) groups is 1. The highest BCUT2D eigenvalue weighted by molar-refractivity contribution is 5.99. The molecule has 1 aliphatic rings. The summed E-state index contributed by atoms with van der Waals surface area (Å²) in [5, 5.41) is 6.01. The molecule has 2 aromatic heterocycles. The summed E-state index contributed by atoms with van der Waals surface area (Å²) in [5.41, 5.74) is 3.83. The first kappa shape index (κ1) is 15.7. The Morgan fingerprint density at radius 3 is 2.64 bits per heavy atom.